The Bertz CT molecular complexity index is 1480. The Hall–Kier alpha value is -3.64. The van der Waals surface area contributed by atoms with Crippen LogP contribution < -0.4 is 0 Å². The molecule has 176 valence electrons. The first-order valence-corrected chi connectivity index (χ1v) is 12.0. The molecule has 35 heavy (non-hydrogen) atoms. The number of hydrogen-bond donors (Lipinski definition) is 1. The second-order valence-corrected chi connectivity index (χ2v) is 9.80. The van der Waals surface area contributed by atoms with Crippen LogP contribution in [0.3, 0.4) is 0 Å². The van der Waals surface area contributed by atoms with E-state index in [0.29, 0.717) is 11.6 Å². The lowest BCUT2D eigenvalue weighted by atomic mass is 9.76. The molecule has 2 aliphatic heterocycles. The van der Waals surface area contributed by atoms with E-state index >= 15 is 0 Å². The molecular formula is C28H23ClFN3O2. The summed E-state index contributed by atoms with van der Waals surface area (Å²) in [5, 5.41) is 1.65. The third-order valence-corrected chi connectivity index (χ3v) is 7.73. The van der Waals surface area contributed by atoms with Crippen molar-refractivity contribution in [1.82, 2.24) is 14.8 Å². The van der Waals surface area contributed by atoms with E-state index in [4.69, 9.17) is 11.6 Å². The monoisotopic (exact) mass is 487 g/mol. The lowest BCUT2D eigenvalue weighted by molar-refractivity contribution is -0.166. The standard InChI is InChI=1S/C28H23ClFN3O2/c1-28-26-25(20-7-3-5-9-23(20)31-26)21(19-6-2-4-8-22(19)29)15-33(28)24(34)16-32(27(28)35)14-17-10-12-18(30)13-11-17/h2-13,21,31H,14-16H2,1H3/t21-,28-/m0/s1. The number of H-pyrrole nitrogens is 1. The molecule has 3 heterocycles. The number of carbonyl (C=O) groups excluding carboxylic acids is 2. The molecule has 0 bridgehead atoms. The lowest BCUT2D eigenvalue weighted by Crippen LogP contribution is -2.67. The van der Waals surface area contributed by atoms with Crippen molar-refractivity contribution in [1.29, 1.82) is 0 Å². The van der Waals surface area contributed by atoms with Crippen molar-refractivity contribution >= 4 is 34.3 Å². The quantitative estimate of drug-likeness (QED) is 0.432. The van der Waals surface area contributed by atoms with Crippen molar-refractivity contribution < 1.29 is 14.0 Å². The zero-order valence-electron chi connectivity index (χ0n) is 19.1. The number of nitrogens with zero attached hydrogens (tertiary/aromatic N) is 2. The smallest absolute Gasteiger partial charge is 0.255 e. The Morgan fingerprint density at radius 1 is 1.03 bits per heavy atom. The molecule has 7 heteroatoms. The van der Waals surface area contributed by atoms with E-state index in [0.717, 1.165) is 33.3 Å². The van der Waals surface area contributed by atoms with E-state index in [2.05, 4.69) is 4.98 Å². The summed E-state index contributed by atoms with van der Waals surface area (Å²) in [6.45, 7) is 2.37. The van der Waals surface area contributed by atoms with Crippen LogP contribution in [0.5, 0.6) is 0 Å². The van der Waals surface area contributed by atoms with Gasteiger partial charge in [0.15, 0.2) is 5.54 Å². The summed E-state index contributed by atoms with van der Waals surface area (Å²) in [6, 6.07) is 21.6. The number of nitrogens with one attached hydrogen (secondary N) is 1. The lowest BCUT2D eigenvalue weighted by Gasteiger charge is -2.51. The van der Waals surface area contributed by atoms with Crippen molar-refractivity contribution in [3.05, 3.63) is 106 Å². The Kier molecular flexibility index (Phi) is 4.97. The topological polar surface area (TPSA) is 56.4 Å². The highest BCUT2D eigenvalue weighted by molar-refractivity contribution is 6.31. The number of aromatic amines is 1. The second-order valence-electron chi connectivity index (χ2n) is 9.40. The Labute approximate surface area is 207 Å². The molecule has 4 aromatic rings. The summed E-state index contributed by atoms with van der Waals surface area (Å²) in [7, 11) is 0. The third-order valence-electron chi connectivity index (χ3n) is 7.38. The van der Waals surface area contributed by atoms with Crippen LogP contribution in [-0.4, -0.2) is 39.7 Å². The fourth-order valence-electron chi connectivity index (χ4n) is 5.65. The SMILES string of the molecule is C[C@]12C(=O)N(Cc3ccc(F)cc3)CC(=O)N1C[C@@H](c1ccccc1Cl)c1c2[nH]c2ccccc12. The van der Waals surface area contributed by atoms with Crippen molar-refractivity contribution in [2.75, 3.05) is 13.1 Å². The van der Waals surface area contributed by atoms with Crippen molar-refractivity contribution in [3.8, 4) is 0 Å². The molecular weight excluding hydrogens is 465 g/mol. The summed E-state index contributed by atoms with van der Waals surface area (Å²) in [5.74, 6) is -0.806. The number of halogens is 2. The molecule has 0 saturated carbocycles. The first-order valence-electron chi connectivity index (χ1n) is 11.6. The molecule has 2 aliphatic rings. The molecule has 0 aliphatic carbocycles. The molecule has 0 radical (unpaired) electrons. The van der Waals surface area contributed by atoms with Gasteiger partial charge < -0.3 is 14.8 Å². The van der Waals surface area contributed by atoms with Gasteiger partial charge in [-0.15, -0.1) is 0 Å². The maximum absolute atomic E-state index is 14.1. The summed E-state index contributed by atoms with van der Waals surface area (Å²) in [4.78, 5) is 34.4. The van der Waals surface area contributed by atoms with Crippen LogP contribution in [0.25, 0.3) is 10.9 Å². The predicted octanol–water partition coefficient (Wildman–Crippen LogP) is 5.19. The number of amides is 2. The van der Waals surface area contributed by atoms with Gasteiger partial charge in [-0.3, -0.25) is 9.59 Å². The molecule has 2 atom stereocenters. The molecule has 1 N–H and O–H groups in total. The van der Waals surface area contributed by atoms with Crippen LogP contribution >= 0.6 is 11.6 Å². The average Bonchev–Trinajstić information content (AvgIpc) is 3.25. The van der Waals surface area contributed by atoms with Gasteiger partial charge in [-0.2, -0.15) is 0 Å². The Morgan fingerprint density at radius 2 is 1.74 bits per heavy atom. The third kappa shape index (κ3) is 3.27. The number of benzene rings is 3. The summed E-state index contributed by atoms with van der Waals surface area (Å²) in [5.41, 5.74) is 3.13. The van der Waals surface area contributed by atoms with Gasteiger partial charge in [0.2, 0.25) is 5.91 Å². The Balaban J connectivity index is 1.51. The van der Waals surface area contributed by atoms with Crippen LogP contribution in [0.4, 0.5) is 4.39 Å². The van der Waals surface area contributed by atoms with Crippen LogP contribution in [0.2, 0.25) is 5.02 Å². The summed E-state index contributed by atoms with van der Waals surface area (Å²) >= 11 is 6.63. The van der Waals surface area contributed by atoms with E-state index in [9.17, 15) is 14.0 Å². The van der Waals surface area contributed by atoms with Crippen molar-refractivity contribution in [2.45, 2.75) is 24.9 Å². The summed E-state index contributed by atoms with van der Waals surface area (Å²) in [6.07, 6.45) is 0. The molecule has 5 nitrogen and oxygen atoms in total. The van der Waals surface area contributed by atoms with Crippen LogP contribution in [0.1, 0.15) is 35.2 Å². The van der Waals surface area contributed by atoms with E-state index in [1.807, 2.05) is 55.5 Å². The van der Waals surface area contributed by atoms with Crippen molar-refractivity contribution in [3.63, 3.8) is 0 Å². The second kappa shape index (κ2) is 7.95. The minimum atomic E-state index is -1.19. The van der Waals surface area contributed by atoms with Crippen LogP contribution in [0, 0.1) is 5.82 Å². The molecule has 6 rings (SSSR count). The molecule has 0 spiro atoms. The number of para-hydroxylation sites is 1. The van der Waals surface area contributed by atoms with E-state index in [-0.39, 0.29) is 36.6 Å². The fraction of sp³-hybridized carbons (Fsp3) is 0.214. The van der Waals surface area contributed by atoms with Gasteiger partial charge in [0.1, 0.15) is 12.4 Å². The normalized spacial score (nSPS) is 21.9. The highest BCUT2D eigenvalue weighted by Crippen LogP contribution is 2.49. The highest BCUT2D eigenvalue weighted by atomic mass is 35.5. The minimum absolute atomic E-state index is 0.0311. The largest absolute Gasteiger partial charge is 0.356 e. The highest BCUT2D eigenvalue weighted by Gasteiger charge is 2.56. The molecule has 1 aromatic heterocycles. The van der Waals surface area contributed by atoms with E-state index < -0.39 is 5.54 Å². The Morgan fingerprint density at radius 3 is 2.51 bits per heavy atom. The number of fused-ring (bicyclic) bond motifs is 5. The average molecular weight is 488 g/mol. The zero-order chi connectivity index (χ0) is 24.3. The first-order chi connectivity index (χ1) is 16.9. The van der Waals surface area contributed by atoms with Gasteiger partial charge in [0.05, 0.1) is 5.69 Å². The maximum atomic E-state index is 14.1. The number of hydrogen-bond acceptors (Lipinski definition) is 2. The molecule has 1 fully saturated rings. The van der Waals surface area contributed by atoms with Crippen LogP contribution in [0.15, 0.2) is 72.8 Å². The van der Waals surface area contributed by atoms with Gasteiger partial charge in [-0.25, -0.2) is 4.39 Å². The van der Waals surface area contributed by atoms with Gasteiger partial charge in [-0.1, -0.05) is 60.1 Å². The molecule has 0 unspecified atom stereocenters. The number of rotatable bonds is 3. The van der Waals surface area contributed by atoms with Gasteiger partial charge in [0, 0.05) is 34.9 Å². The number of piperazine rings is 1. The summed E-state index contributed by atoms with van der Waals surface area (Å²) < 4.78 is 13.4. The van der Waals surface area contributed by atoms with Gasteiger partial charge in [-0.05, 0) is 47.9 Å². The first kappa shape index (κ1) is 21.9. The predicted molar refractivity (Wildman–Crippen MR) is 132 cm³/mol. The molecule has 3 aromatic carbocycles. The minimum Gasteiger partial charge on any atom is -0.356 e. The molecule has 2 amide bonds. The van der Waals surface area contributed by atoms with Crippen LogP contribution in [-0.2, 0) is 21.7 Å². The van der Waals surface area contributed by atoms with Gasteiger partial charge in [0.25, 0.3) is 5.91 Å². The van der Waals surface area contributed by atoms with Gasteiger partial charge >= 0.3 is 0 Å². The maximum Gasteiger partial charge on any atom is 0.255 e. The van der Waals surface area contributed by atoms with Crippen molar-refractivity contribution in [2.24, 2.45) is 0 Å². The van der Waals surface area contributed by atoms with E-state index in [1.54, 1.807) is 21.9 Å². The van der Waals surface area contributed by atoms with E-state index in [1.165, 1.54) is 12.1 Å². The zero-order valence-corrected chi connectivity index (χ0v) is 19.8. The fourth-order valence-corrected chi connectivity index (χ4v) is 5.92. The molecule has 1 saturated heterocycles. The number of aromatic nitrogens is 1. The number of carbonyl (C=O) groups is 2.